The molecule has 2 aromatic rings. The first-order valence-electron chi connectivity index (χ1n) is 4.88. The lowest BCUT2D eigenvalue weighted by molar-refractivity contribution is 0.608. The molecule has 0 aliphatic heterocycles. The van der Waals surface area contributed by atoms with Crippen molar-refractivity contribution in [3.8, 4) is 11.1 Å². The highest BCUT2D eigenvalue weighted by molar-refractivity contribution is 8.13. The quantitative estimate of drug-likeness (QED) is 0.792. The van der Waals surface area contributed by atoms with Crippen molar-refractivity contribution in [1.29, 1.82) is 0 Å². The Kier molecular flexibility index (Phi) is 3.36. The van der Waals surface area contributed by atoms with Gasteiger partial charge in [0.05, 0.1) is 4.90 Å². The summed E-state index contributed by atoms with van der Waals surface area (Å²) in [4.78, 5) is -0.232. The van der Waals surface area contributed by atoms with Gasteiger partial charge in [0.15, 0.2) is 0 Å². The van der Waals surface area contributed by atoms with Crippen LogP contribution in [0.2, 0.25) is 0 Å². The highest BCUT2D eigenvalue weighted by Gasteiger charge is 2.14. The molecule has 0 bridgehead atoms. The van der Waals surface area contributed by atoms with Gasteiger partial charge < -0.3 is 0 Å². The van der Waals surface area contributed by atoms with Crippen LogP contribution in [0.15, 0.2) is 47.4 Å². The second kappa shape index (κ2) is 4.66. The van der Waals surface area contributed by atoms with Gasteiger partial charge in [-0.05, 0) is 35.9 Å². The second-order valence-electron chi connectivity index (χ2n) is 3.59. The van der Waals surface area contributed by atoms with E-state index >= 15 is 0 Å². The summed E-state index contributed by atoms with van der Waals surface area (Å²) in [6.07, 6.45) is 0. The van der Waals surface area contributed by atoms with E-state index in [1.54, 1.807) is 0 Å². The molecule has 0 saturated carbocycles. The summed E-state index contributed by atoms with van der Waals surface area (Å²) in [5, 5.41) is 0. The molecule has 0 radical (unpaired) electrons. The molecule has 0 aliphatic carbocycles. The smallest absolute Gasteiger partial charge is 0.207 e. The van der Waals surface area contributed by atoms with E-state index in [2.05, 4.69) is 0 Å². The van der Waals surface area contributed by atoms with Crippen LogP contribution >= 0.6 is 10.7 Å². The standard InChI is InChI=1S/C12H7ClF2O2S/c13-18(16,17)10-4-5-12(15)11(7-10)8-2-1-3-9(14)6-8/h1-7H. The Balaban J connectivity index is 2.64. The Morgan fingerprint density at radius 1 is 1.00 bits per heavy atom. The van der Waals surface area contributed by atoms with Gasteiger partial charge in [-0.3, -0.25) is 0 Å². The van der Waals surface area contributed by atoms with E-state index in [1.165, 1.54) is 18.2 Å². The Morgan fingerprint density at radius 2 is 1.72 bits per heavy atom. The minimum atomic E-state index is -3.95. The van der Waals surface area contributed by atoms with E-state index in [4.69, 9.17) is 10.7 Å². The van der Waals surface area contributed by atoms with Crippen LogP contribution in [0, 0.1) is 11.6 Å². The molecule has 0 spiro atoms. The molecular weight excluding hydrogens is 282 g/mol. The van der Waals surface area contributed by atoms with Crippen LogP contribution in [0.1, 0.15) is 0 Å². The first-order chi connectivity index (χ1) is 8.38. The Bertz CT molecular complexity index is 699. The summed E-state index contributed by atoms with van der Waals surface area (Å²) in [6, 6.07) is 8.33. The lowest BCUT2D eigenvalue weighted by Crippen LogP contribution is -1.93. The van der Waals surface area contributed by atoms with Crippen molar-refractivity contribution in [2.75, 3.05) is 0 Å². The Labute approximate surface area is 107 Å². The third-order valence-electron chi connectivity index (χ3n) is 2.35. The molecule has 0 N–H and O–H groups in total. The van der Waals surface area contributed by atoms with Crippen molar-refractivity contribution in [2.24, 2.45) is 0 Å². The summed E-state index contributed by atoms with van der Waals surface area (Å²) in [7, 11) is 1.23. The zero-order valence-electron chi connectivity index (χ0n) is 8.90. The fourth-order valence-corrected chi connectivity index (χ4v) is 2.31. The van der Waals surface area contributed by atoms with Crippen LogP contribution in [0.25, 0.3) is 11.1 Å². The molecular formula is C12H7ClF2O2S. The van der Waals surface area contributed by atoms with Crippen molar-refractivity contribution in [2.45, 2.75) is 4.90 Å². The number of halogens is 3. The maximum absolute atomic E-state index is 13.6. The van der Waals surface area contributed by atoms with E-state index in [0.717, 1.165) is 24.3 Å². The SMILES string of the molecule is O=S(=O)(Cl)c1ccc(F)c(-c2cccc(F)c2)c1. The predicted molar refractivity (Wildman–Crippen MR) is 64.8 cm³/mol. The monoisotopic (exact) mass is 288 g/mol. The van der Waals surface area contributed by atoms with Gasteiger partial charge in [0.1, 0.15) is 11.6 Å². The van der Waals surface area contributed by atoms with Crippen molar-refractivity contribution >= 4 is 19.7 Å². The molecule has 0 amide bonds. The fourth-order valence-electron chi connectivity index (χ4n) is 1.53. The largest absolute Gasteiger partial charge is 0.261 e. The fraction of sp³-hybridized carbons (Fsp3) is 0. The molecule has 0 saturated heterocycles. The average Bonchev–Trinajstić information content (AvgIpc) is 2.28. The summed E-state index contributed by atoms with van der Waals surface area (Å²) in [5.74, 6) is -1.18. The molecule has 0 fully saturated rings. The normalized spacial score (nSPS) is 11.5. The highest BCUT2D eigenvalue weighted by Crippen LogP contribution is 2.27. The van der Waals surface area contributed by atoms with Crippen LogP contribution in [-0.4, -0.2) is 8.42 Å². The topological polar surface area (TPSA) is 34.1 Å². The van der Waals surface area contributed by atoms with Crippen LogP contribution in [0.5, 0.6) is 0 Å². The van der Waals surface area contributed by atoms with Gasteiger partial charge in [0.2, 0.25) is 0 Å². The van der Waals surface area contributed by atoms with Crippen LogP contribution in [-0.2, 0) is 9.05 Å². The molecule has 2 rings (SSSR count). The lowest BCUT2D eigenvalue weighted by atomic mass is 10.1. The molecule has 18 heavy (non-hydrogen) atoms. The minimum Gasteiger partial charge on any atom is -0.207 e. The van der Waals surface area contributed by atoms with E-state index in [-0.39, 0.29) is 16.0 Å². The zero-order valence-corrected chi connectivity index (χ0v) is 10.5. The molecule has 0 aromatic heterocycles. The molecule has 2 nitrogen and oxygen atoms in total. The second-order valence-corrected chi connectivity index (χ2v) is 6.16. The van der Waals surface area contributed by atoms with Crippen molar-refractivity contribution in [1.82, 2.24) is 0 Å². The molecule has 0 unspecified atom stereocenters. The zero-order chi connectivity index (χ0) is 13.3. The summed E-state index contributed by atoms with van der Waals surface area (Å²) in [6.45, 7) is 0. The highest BCUT2D eigenvalue weighted by atomic mass is 35.7. The molecule has 6 heteroatoms. The van der Waals surface area contributed by atoms with Gasteiger partial charge in [-0.2, -0.15) is 0 Å². The first-order valence-corrected chi connectivity index (χ1v) is 7.19. The first kappa shape index (κ1) is 13.0. The van der Waals surface area contributed by atoms with Gasteiger partial charge in [0, 0.05) is 16.2 Å². The van der Waals surface area contributed by atoms with Gasteiger partial charge in [-0.1, -0.05) is 12.1 Å². The Hall–Kier alpha value is -1.46. The number of hydrogen-bond acceptors (Lipinski definition) is 2. The van der Waals surface area contributed by atoms with E-state index in [1.807, 2.05) is 0 Å². The summed E-state index contributed by atoms with van der Waals surface area (Å²) in [5.41, 5.74) is 0.228. The van der Waals surface area contributed by atoms with Gasteiger partial charge >= 0.3 is 0 Å². The van der Waals surface area contributed by atoms with E-state index in [0.29, 0.717) is 0 Å². The number of hydrogen-bond donors (Lipinski definition) is 0. The van der Waals surface area contributed by atoms with Crippen molar-refractivity contribution < 1.29 is 17.2 Å². The van der Waals surface area contributed by atoms with Gasteiger partial charge in [0.25, 0.3) is 9.05 Å². The minimum absolute atomic E-state index is 0.0174. The van der Waals surface area contributed by atoms with Crippen LogP contribution in [0.4, 0.5) is 8.78 Å². The molecule has 94 valence electrons. The molecule has 0 aliphatic rings. The van der Waals surface area contributed by atoms with Crippen LogP contribution in [0.3, 0.4) is 0 Å². The number of rotatable bonds is 2. The van der Waals surface area contributed by atoms with E-state index < -0.39 is 20.7 Å². The maximum Gasteiger partial charge on any atom is 0.261 e. The van der Waals surface area contributed by atoms with Gasteiger partial charge in [-0.25, -0.2) is 17.2 Å². The molecule has 2 aromatic carbocycles. The van der Waals surface area contributed by atoms with Crippen molar-refractivity contribution in [3.05, 3.63) is 54.1 Å². The molecule has 0 heterocycles. The number of benzene rings is 2. The third-order valence-corrected chi connectivity index (χ3v) is 3.71. The third kappa shape index (κ3) is 2.68. The summed E-state index contributed by atoms with van der Waals surface area (Å²) < 4.78 is 49.0. The lowest BCUT2D eigenvalue weighted by Gasteiger charge is -2.05. The van der Waals surface area contributed by atoms with Crippen LogP contribution < -0.4 is 0 Å². The van der Waals surface area contributed by atoms with Crippen molar-refractivity contribution in [3.63, 3.8) is 0 Å². The molecule has 0 atom stereocenters. The summed E-state index contributed by atoms with van der Waals surface area (Å²) >= 11 is 0. The predicted octanol–water partition coefficient (Wildman–Crippen LogP) is 3.56. The van der Waals surface area contributed by atoms with E-state index in [9.17, 15) is 17.2 Å². The van der Waals surface area contributed by atoms with Gasteiger partial charge in [-0.15, -0.1) is 0 Å². The maximum atomic E-state index is 13.6. The average molecular weight is 289 g/mol. The Morgan fingerprint density at radius 3 is 2.33 bits per heavy atom.